The molecule has 1 amide bonds. The Morgan fingerprint density at radius 1 is 1.18 bits per heavy atom. The van der Waals surface area contributed by atoms with E-state index in [1.165, 1.54) is 6.33 Å². The second-order valence-electron chi connectivity index (χ2n) is 6.39. The van der Waals surface area contributed by atoms with E-state index in [0.29, 0.717) is 18.1 Å². The fourth-order valence-corrected chi connectivity index (χ4v) is 3.39. The van der Waals surface area contributed by atoms with Gasteiger partial charge in [-0.25, -0.2) is 4.68 Å². The Kier molecular flexibility index (Phi) is 4.80. The third-order valence-electron chi connectivity index (χ3n) is 4.58. The molecule has 4 rings (SSSR count). The number of amides is 1. The maximum absolute atomic E-state index is 13.3. The minimum Gasteiger partial charge on any atom is -0.494 e. The van der Waals surface area contributed by atoms with Crippen molar-refractivity contribution in [2.75, 3.05) is 17.2 Å². The molecule has 0 radical (unpaired) electrons. The van der Waals surface area contributed by atoms with E-state index in [0.717, 1.165) is 22.7 Å². The molecule has 0 saturated carbocycles. The number of carbonyl (C=O) groups excluding carboxylic acids is 1. The Hall–Kier alpha value is -3.61. The topological polar surface area (TPSA) is 81.1 Å². The Morgan fingerprint density at radius 2 is 1.93 bits per heavy atom. The van der Waals surface area contributed by atoms with Crippen LogP contribution in [-0.2, 0) is 4.79 Å². The van der Waals surface area contributed by atoms with Gasteiger partial charge in [0.15, 0.2) is 0 Å². The summed E-state index contributed by atoms with van der Waals surface area (Å²) in [6.07, 6.45) is 1.48. The largest absolute Gasteiger partial charge is 0.494 e. The van der Waals surface area contributed by atoms with Crippen molar-refractivity contribution in [2.24, 2.45) is 0 Å². The number of aromatic nitrogens is 3. The van der Waals surface area contributed by atoms with Crippen molar-refractivity contribution < 1.29 is 9.53 Å². The highest BCUT2D eigenvalue weighted by atomic mass is 16.5. The molecule has 2 aromatic carbocycles. The molecule has 28 heavy (non-hydrogen) atoms. The molecule has 3 aromatic rings. The van der Waals surface area contributed by atoms with Gasteiger partial charge in [0.1, 0.15) is 18.1 Å². The van der Waals surface area contributed by atoms with E-state index in [-0.39, 0.29) is 5.91 Å². The molecular formula is C21H21N5O2. The number of allylic oxidation sites excluding steroid dienone is 1. The number of anilines is 2. The van der Waals surface area contributed by atoms with Gasteiger partial charge in [0.25, 0.3) is 5.91 Å². The maximum atomic E-state index is 13.3. The lowest BCUT2D eigenvalue weighted by atomic mass is 9.94. The van der Waals surface area contributed by atoms with Crippen molar-refractivity contribution in [3.8, 4) is 5.75 Å². The number of ether oxygens (including phenoxy) is 1. The van der Waals surface area contributed by atoms with Gasteiger partial charge < -0.3 is 15.4 Å². The number of carbonyl (C=O) groups is 1. The first kappa shape index (κ1) is 17.8. The van der Waals surface area contributed by atoms with Crippen molar-refractivity contribution in [1.82, 2.24) is 14.8 Å². The number of nitrogens with one attached hydrogen (secondary N) is 2. The molecule has 142 valence electrons. The molecule has 1 atom stereocenters. The molecule has 0 fully saturated rings. The molecule has 1 aliphatic rings. The smallest absolute Gasteiger partial charge is 0.255 e. The van der Waals surface area contributed by atoms with E-state index in [9.17, 15) is 4.79 Å². The number of fused-ring (bicyclic) bond motifs is 1. The first-order valence-corrected chi connectivity index (χ1v) is 9.14. The Bertz CT molecular complexity index is 1030. The molecule has 1 aliphatic heterocycles. The fraction of sp³-hybridized carbons (Fsp3) is 0.190. The number of benzene rings is 2. The van der Waals surface area contributed by atoms with E-state index >= 15 is 0 Å². The van der Waals surface area contributed by atoms with Gasteiger partial charge in [-0.2, -0.15) is 10.1 Å². The van der Waals surface area contributed by atoms with Gasteiger partial charge in [-0.1, -0.05) is 36.4 Å². The van der Waals surface area contributed by atoms with Crippen molar-refractivity contribution in [1.29, 1.82) is 0 Å². The lowest BCUT2D eigenvalue weighted by Gasteiger charge is -2.29. The molecule has 0 aliphatic carbocycles. The normalized spacial score (nSPS) is 15.6. The van der Waals surface area contributed by atoms with E-state index in [2.05, 4.69) is 20.7 Å². The summed E-state index contributed by atoms with van der Waals surface area (Å²) in [5.74, 6) is 1.11. The predicted molar refractivity (Wildman–Crippen MR) is 107 cm³/mol. The molecule has 0 spiro atoms. The predicted octanol–water partition coefficient (Wildman–Crippen LogP) is 3.60. The molecular weight excluding hydrogens is 354 g/mol. The van der Waals surface area contributed by atoms with Gasteiger partial charge in [-0.15, -0.1) is 0 Å². The molecule has 2 heterocycles. The second kappa shape index (κ2) is 7.56. The van der Waals surface area contributed by atoms with Crippen LogP contribution < -0.4 is 15.4 Å². The van der Waals surface area contributed by atoms with Crippen LogP contribution in [0.15, 0.2) is 72.2 Å². The van der Waals surface area contributed by atoms with E-state index < -0.39 is 6.04 Å². The SMILES string of the molecule is CCOc1ccccc1C1C(C(=O)Nc2ccccc2)=C(C)Nc2ncnn21. The summed E-state index contributed by atoms with van der Waals surface area (Å²) in [5, 5.41) is 10.5. The summed E-state index contributed by atoms with van der Waals surface area (Å²) in [5.41, 5.74) is 2.88. The third-order valence-corrected chi connectivity index (χ3v) is 4.58. The first-order valence-electron chi connectivity index (χ1n) is 9.14. The molecule has 0 saturated heterocycles. The molecule has 1 unspecified atom stereocenters. The van der Waals surface area contributed by atoms with Crippen LogP contribution in [0.2, 0.25) is 0 Å². The lowest BCUT2D eigenvalue weighted by Crippen LogP contribution is -2.31. The second-order valence-corrected chi connectivity index (χ2v) is 6.39. The van der Waals surface area contributed by atoms with Gasteiger partial charge in [0, 0.05) is 16.9 Å². The summed E-state index contributed by atoms with van der Waals surface area (Å²) in [4.78, 5) is 17.5. The van der Waals surface area contributed by atoms with E-state index in [1.54, 1.807) is 4.68 Å². The van der Waals surface area contributed by atoms with Gasteiger partial charge >= 0.3 is 0 Å². The summed E-state index contributed by atoms with van der Waals surface area (Å²) in [6, 6.07) is 16.6. The van der Waals surface area contributed by atoms with Crippen molar-refractivity contribution in [3.05, 3.63) is 77.8 Å². The maximum Gasteiger partial charge on any atom is 0.255 e. The first-order chi connectivity index (χ1) is 13.7. The van der Waals surface area contributed by atoms with Crippen LogP contribution in [0.1, 0.15) is 25.5 Å². The molecule has 7 heteroatoms. The highest BCUT2D eigenvalue weighted by Crippen LogP contribution is 2.39. The Morgan fingerprint density at radius 3 is 2.71 bits per heavy atom. The zero-order valence-electron chi connectivity index (χ0n) is 15.7. The van der Waals surface area contributed by atoms with Gasteiger partial charge in [-0.3, -0.25) is 4.79 Å². The van der Waals surface area contributed by atoms with E-state index in [1.807, 2.05) is 68.4 Å². The Balaban J connectivity index is 1.80. The number of para-hydroxylation sites is 2. The van der Waals surface area contributed by atoms with Crippen LogP contribution in [0.4, 0.5) is 11.6 Å². The van der Waals surface area contributed by atoms with Gasteiger partial charge in [0.2, 0.25) is 5.95 Å². The van der Waals surface area contributed by atoms with Crippen LogP contribution in [0.3, 0.4) is 0 Å². The van der Waals surface area contributed by atoms with Crippen LogP contribution in [-0.4, -0.2) is 27.3 Å². The zero-order valence-corrected chi connectivity index (χ0v) is 15.7. The summed E-state index contributed by atoms with van der Waals surface area (Å²) >= 11 is 0. The molecule has 7 nitrogen and oxygen atoms in total. The standard InChI is InChI=1S/C21H21N5O2/c1-3-28-17-12-8-7-11-16(17)19-18(14(2)24-21-22-13-23-26(19)21)20(27)25-15-9-5-4-6-10-15/h4-13,19H,3H2,1-2H3,(H,25,27)(H,22,23,24). The lowest BCUT2D eigenvalue weighted by molar-refractivity contribution is -0.113. The highest BCUT2D eigenvalue weighted by molar-refractivity contribution is 6.06. The van der Waals surface area contributed by atoms with Crippen molar-refractivity contribution in [2.45, 2.75) is 19.9 Å². The summed E-state index contributed by atoms with van der Waals surface area (Å²) in [7, 11) is 0. The van der Waals surface area contributed by atoms with Gasteiger partial charge in [0.05, 0.1) is 12.2 Å². The number of hydrogen-bond acceptors (Lipinski definition) is 5. The molecule has 0 bridgehead atoms. The average Bonchev–Trinajstić information content (AvgIpc) is 3.16. The van der Waals surface area contributed by atoms with Crippen LogP contribution in [0, 0.1) is 0 Å². The monoisotopic (exact) mass is 375 g/mol. The zero-order chi connectivity index (χ0) is 19.5. The van der Waals surface area contributed by atoms with Crippen LogP contribution in [0.25, 0.3) is 0 Å². The molecule has 2 N–H and O–H groups in total. The third kappa shape index (κ3) is 3.22. The number of rotatable bonds is 5. The van der Waals surface area contributed by atoms with Gasteiger partial charge in [-0.05, 0) is 32.0 Å². The Labute approximate surface area is 163 Å². The average molecular weight is 375 g/mol. The fourth-order valence-electron chi connectivity index (χ4n) is 3.39. The summed E-state index contributed by atoms with van der Waals surface area (Å²) in [6.45, 7) is 4.33. The van der Waals surface area contributed by atoms with Crippen LogP contribution in [0.5, 0.6) is 5.75 Å². The van der Waals surface area contributed by atoms with Crippen molar-refractivity contribution >= 4 is 17.5 Å². The van der Waals surface area contributed by atoms with Crippen molar-refractivity contribution in [3.63, 3.8) is 0 Å². The minimum atomic E-state index is -0.454. The number of hydrogen-bond donors (Lipinski definition) is 2. The number of nitrogens with zero attached hydrogens (tertiary/aromatic N) is 3. The molecule has 1 aromatic heterocycles. The van der Waals surface area contributed by atoms with Crippen LogP contribution >= 0.6 is 0 Å². The summed E-state index contributed by atoms with van der Waals surface area (Å²) < 4.78 is 7.54. The minimum absolute atomic E-state index is 0.200. The van der Waals surface area contributed by atoms with E-state index in [4.69, 9.17) is 4.74 Å². The quantitative estimate of drug-likeness (QED) is 0.712. The highest BCUT2D eigenvalue weighted by Gasteiger charge is 2.35.